The number of carbonyl (C=O) groups is 1. The zero-order chi connectivity index (χ0) is 18.9. The third-order valence-corrected chi connectivity index (χ3v) is 5.34. The molecule has 0 heterocycles. The second-order valence-electron chi connectivity index (χ2n) is 8.00. The molecule has 0 aliphatic heterocycles. The first kappa shape index (κ1) is 21.1. The Labute approximate surface area is 150 Å². The van der Waals surface area contributed by atoms with Crippen LogP contribution in [-0.4, -0.2) is 20.9 Å². The lowest BCUT2D eigenvalue weighted by Gasteiger charge is -2.46. The van der Waals surface area contributed by atoms with Crippen LogP contribution in [0, 0.1) is 11.2 Å². The molecule has 1 unspecified atom stereocenters. The molecule has 3 nitrogen and oxygen atoms in total. The molecule has 0 aromatic heterocycles. The van der Waals surface area contributed by atoms with Crippen LogP contribution >= 0.6 is 11.6 Å². The summed E-state index contributed by atoms with van der Waals surface area (Å²) in [5.74, 6) is -1.37. The average Bonchev–Trinajstić information content (AvgIpc) is 2.35. The lowest BCUT2D eigenvalue weighted by atomic mass is 9.73. The number of esters is 1. The Bertz CT molecular complexity index is 620. The maximum atomic E-state index is 15.3. The largest absolute Gasteiger partial charge is 0.462 e. The Kier molecular flexibility index (Phi) is 6.29. The number of hydrogen-bond acceptors (Lipinski definition) is 3. The Morgan fingerprint density at radius 2 is 1.75 bits per heavy atom. The van der Waals surface area contributed by atoms with Crippen molar-refractivity contribution in [2.24, 2.45) is 5.41 Å². The molecular formula is C18H28ClFO3Si. The second kappa shape index (κ2) is 7.14. The molecule has 0 saturated heterocycles. The van der Waals surface area contributed by atoms with E-state index in [1.807, 2.05) is 47.3 Å². The lowest BCUT2D eigenvalue weighted by molar-refractivity contribution is -0.0319. The first-order valence-electron chi connectivity index (χ1n) is 8.10. The Morgan fingerprint density at radius 3 is 2.17 bits per heavy atom. The molecule has 0 N–H and O–H groups in total. The van der Waals surface area contributed by atoms with Crippen LogP contribution in [0.1, 0.15) is 50.5 Å². The summed E-state index contributed by atoms with van der Waals surface area (Å²) < 4.78 is 26.6. The summed E-state index contributed by atoms with van der Waals surface area (Å²) in [7, 11) is -2.03. The molecule has 24 heavy (non-hydrogen) atoms. The highest BCUT2D eigenvalue weighted by molar-refractivity contribution is 6.69. The van der Waals surface area contributed by atoms with Gasteiger partial charge in [-0.2, -0.15) is 0 Å². The SMILES string of the molecule is CCOC(=O)c1ccc(Cl)c(C(C)(O[Si](C)(C)C)C(C)(C)C)c1F. The minimum Gasteiger partial charge on any atom is -0.462 e. The van der Waals surface area contributed by atoms with Gasteiger partial charge in [0.15, 0.2) is 8.32 Å². The molecule has 136 valence electrons. The van der Waals surface area contributed by atoms with Gasteiger partial charge in [0.2, 0.25) is 0 Å². The summed E-state index contributed by atoms with van der Waals surface area (Å²) in [6, 6.07) is 2.89. The highest BCUT2D eigenvalue weighted by Gasteiger charge is 2.46. The zero-order valence-electron chi connectivity index (χ0n) is 15.8. The number of hydrogen-bond donors (Lipinski definition) is 0. The molecule has 0 bridgehead atoms. The minimum absolute atomic E-state index is 0.120. The molecule has 0 fully saturated rings. The van der Waals surface area contributed by atoms with Gasteiger partial charge >= 0.3 is 5.97 Å². The van der Waals surface area contributed by atoms with Crippen molar-refractivity contribution in [1.29, 1.82) is 0 Å². The summed E-state index contributed by atoms with van der Waals surface area (Å²) in [6.07, 6.45) is 0. The fraction of sp³-hybridized carbons (Fsp3) is 0.611. The average molecular weight is 375 g/mol. The molecule has 0 aliphatic rings. The van der Waals surface area contributed by atoms with Crippen molar-refractivity contribution in [3.63, 3.8) is 0 Å². The van der Waals surface area contributed by atoms with Gasteiger partial charge in [-0.1, -0.05) is 32.4 Å². The molecular weight excluding hydrogens is 347 g/mol. The molecule has 0 radical (unpaired) electrons. The monoisotopic (exact) mass is 374 g/mol. The van der Waals surface area contributed by atoms with Gasteiger partial charge in [-0.3, -0.25) is 0 Å². The second-order valence-corrected chi connectivity index (χ2v) is 12.8. The molecule has 1 aromatic carbocycles. The lowest BCUT2D eigenvalue weighted by Crippen LogP contribution is -2.48. The predicted octanol–water partition coefficient (Wildman–Crippen LogP) is 5.77. The van der Waals surface area contributed by atoms with E-state index in [4.69, 9.17) is 20.8 Å². The maximum Gasteiger partial charge on any atom is 0.341 e. The van der Waals surface area contributed by atoms with Crippen LogP contribution < -0.4 is 0 Å². The standard InChI is InChI=1S/C18H28ClFO3Si/c1-9-22-16(21)12-10-11-13(19)14(15(12)20)18(5,17(2,3)4)23-24(6,7)8/h10-11H,9H2,1-8H3. The van der Waals surface area contributed by atoms with E-state index in [-0.39, 0.29) is 22.8 Å². The van der Waals surface area contributed by atoms with Crippen molar-refractivity contribution in [2.45, 2.75) is 59.9 Å². The van der Waals surface area contributed by atoms with Crippen molar-refractivity contribution >= 4 is 25.9 Å². The van der Waals surface area contributed by atoms with Crippen LogP contribution in [0.5, 0.6) is 0 Å². The van der Waals surface area contributed by atoms with Crippen molar-refractivity contribution in [3.8, 4) is 0 Å². The summed E-state index contributed by atoms with van der Waals surface area (Å²) in [6.45, 7) is 15.7. The molecule has 1 rings (SSSR count). The highest BCUT2D eigenvalue weighted by Crippen LogP contribution is 2.48. The number of benzene rings is 1. The third kappa shape index (κ3) is 4.38. The minimum atomic E-state index is -2.03. The summed E-state index contributed by atoms with van der Waals surface area (Å²) in [4.78, 5) is 12.1. The Balaban J connectivity index is 3.65. The van der Waals surface area contributed by atoms with Gasteiger partial charge in [0, 0.05) is 10.6 Å². The van der Waals surface area contributed by atoms with Crippen LogP contribution in [0.2, 0.25) is 24.7 Å². The Hall–Kier alpha value is -0.913. The first-order valence-corrected chi connectivity index (χ1v) is 11.9. The van der Waals surface area contributed by atoms with Crippen LogP contribution in [0.25, 0.3) is 0 Å². The smallest absolute Gasteiger partial charge is 0.341 e. The van der Waals surface area contributed by atoms with E-state index >= 15 is 4.39 Å². The topological polar surface area (TPSA) is 35.5 Å². The van der Waals surface area contributed by atoms with Crippen LogP contribution in [0.3, 0.4) is 0 Å². The van der Waals surface area contributed by atoms with Crippen LogP contribution in [-0.2, 0) is 14.8 Å². The molecule has 1 atom stereocenters. The quantitative estimate of drug-likeness (QED) is 0.484. The van der Waals surface area contributed by atoms with E-state index in [1.165, 1.54) is 12.1 Å². The summed E-state index contributed by atoms with van der Waals surface area (Å²) in [5, 5.41) is 0.247. The molecule has 0 amide bonds. The van der Waals surface area contributed by atoms with Crippen LogP contribution in [0.4, 0.5) is 4.39 Å². The first-order chi connectivity index (χ1) is 10.7. The predicted molar refractivity (Wildman–Crippen MR) is 98.6 cm³/mol. The molecule has 0 spiro atoms. The summed E-state index contributed by atoms with van der Waals surface area (Å²) >= 11 is 6.35. The normalized spacial score (nSPS) is 15.1. The highest BCUT2D eigenvalue weighted by atomic mass is 35.5. The fourth-order valence-electron chi connectivity index (χ4n) is 2.55. The third-order valence-electron chi connectivity index (χ3n) is 4.01. The molecule has 0 aliphatic carbocycles. The van der Waals surface area contributed by atoms with E-state index in [9.17, 15) is 4.79 Å². The van der Waals surface area contributed by atoms with Gasteiger partial charge in [-0.15, -0.1) is 0 Å². The van der Waals surface area contributed by atoms with E-state index in [1.54, 1.807) is 6.92 Å². The zero-order valence-corrected chi connectivity index (χ0v) is 17.6. The summed E-state index contributed by atoms with van der Waals surface area (Å²) in [5.41, 5.74) is -1.33. The fourth-order valence-corrected chi connectivity index (χ4v) is 4.51. The molecule has 0 saturated carbocycles. The Morgan fingerprint density at radius 1 is 1.21 bits per heavy atom. The number of halogens is 2. The van der Waals surface area contributed by atoms with Gasteiger partial charge in [-0.05, 0) is 51.0 Å². The van der Waals surface area contributed by atoms with Crippen molar-refractivity contribution in [3.05, 3.63) is 34.1 Å². The van der Waals surface area contributed by atoms with E-state index in [0.29, 0.717) is 0 Å². The molecule has 6 heteroatoms. The van der Waals surface area contributed by atoms with Gasteiger partial charge in [0.25, 0.3) is 0 Å². The van der Waals surface area contributed by atoms with E-state index < -0.39 is 31.1 Å². The van der Waals surface area contributed by atoms with Gasteiger partial charge in [0.1, 0.15) is 5.82 Å². The number of carbonyl (C=O) groups excluding carboxylic acids is 1. The number of ether oxygens (including phenoxy) is 1. The van der Waals surface area contributed by atoms with Gasteiger partial charge < -0.3 is 9.16 Å². The maximum absolute atomic E-state index is 15.3. The molecule has 1 aromatic rings. The van der Waals surface area contributed by atoms with Crippen molar-refractivity contribution in [1.82, 2.24) is 0 Å². The van der Waals surface area contributed by atoms with Crippen LogP contribution in [0.15, 0.2) is 12.1 Å². The van der Waals surface area contributed by atoms with E-state index in [0.717, 1.165) is 0 Å². The van der Waals surface area contributed by atoms with Crippen molar-refractivity contribution in [2.75, 3.05) is 6.61 Å². The number of rotatable bonds is 5. The van der Waals surface area contributed by atoms with Gasteiger partial charge in [0.05, 0.1) is 17.8 Å². The van der Waals surface area contributed by atoms with Gasteiger partial charge in [-0.25, -0.2) is 9.18 Å². The van der Waals surface area contributed by atoms with Crippen molar-refractivity contribution < 1.29 is 18.3 Å². The van der Waals surface area contributed by atoms with E-state index in [2.05, 4.69) is 0 Å².